The molecule has 0 spiro atoms. The van der Waals surface area contributed by atoms with Crippen LogP contribution < -0.4 is 0 Å². The molecule has 0 aliphatic heterocycles. The lowest BCUT2D eigenvalue weighted by Crippen LogP contribution is -2.30. The molecule has 71 heavy (non-hydrogen) atoms. The fourth-order valence-electron chi connectivity index (χ4n) is 8.90. The Hall–Kier alpha value is -2.89. The van der Waals surface area contributed by atoms with Gasteiger partial charge in [0.1, 0.15) is 13.2 Å². The largest absolute Gasteiger partial charge is 0.462 e. The van der Waals surface area contributed by atoms with Crippen molar-refractivity contribution in [1.82, 2.24) is 0 Å². The van der Waals surface area contributed by atoms with E-state index in [0.29, 0.717) is 19.3 Å². The molecule has 0 aromatic rings. The summed E-state index contributed by atoms with van der Waals surface area (Å²) in [6, 6.07) is 0. The van der Waals surface area contributed by atoms with E-state index >= 15 is 0 Å². The molecular weight excluding hydrogens is 877 g/mol. The second kappa shape index (κ2) is 59.7. The third kappa shape index (κ3) is 57.9. The second-order valence-corrected chi connectivity index (χ2v) is 20.6. The molecule has 0 radical (unpaired) electrons. The smallest absolute Gasteiger partial charge is 0.306 e. The number of esters is 3. The molecule has 0 heterocycles. The summed E-state index contributed by atoms with van der Waals surface area (Å²) in [6.07, 6.45) is 75.0. The Morgan fingerprint density at radius 2 is 0.549 bits per heavy atom. The summed E-state index contributed by atoms with van der Waals surface area (Å²) in [5.41, 5.74) is 0. The topological polar surface area (TPSA) is 78.9 Å². The molecule has 0 aliphatic rings. The Morgan fingerprint density at radius 1 is 0.296 bits per heavy atom. The van der Waals surface area contributed by atoms with Crippen LogP contribution in [0.5, 0.6) is 0 Å². The fourth-order valence-corrected chi connectivity index (χ4v) is 8.90. The maximum atomic E-state index is 12.9. The number of allylic oxidation sites excluding steroid dienone is 10. The minimum atomic E-state index is -0.777. The highest BCUT2D eigenvalue weighted by Crippen LogP contribution is 2.17. The van der Waals surface area contributed by atoms with Crippen LogP contribution in [0.1, 0.15) is 316 Å². The highest BCUT2D eigenvalue weighted by atomic mass is 16.6. The normalized spacial score (nSPS) is 12.4. The number of carbonyl (C=O) groups is 3. The highest BCUT2D eigenvalue weighted by molar-refractivity contribution is 5.71. The summed E-state index contributed by atoms with van der Waals surface area (Å²) in [5.74, 6) is -0.872. The average molecular weight is 994 g/mol. The van der Waals surface area contributed by atoms with Gasteiger partial charge in [-0.25, -0.2) is 0 Å². The van der Waals surface area contributed by atoms with Gasteiger partial charge in [0.15, 0.2) is 6.10 Å². The second-order valence-electron chi connectivity index (χ2n) is 20.6. The van der Waals surface area contributed by atoms with E-state index in [9.17, 15) is 14.4 Å². The molecule has 6 nitrogen and oxygen atoms in total. The van der Waals surface area contributed by atoms with E-state index in [1.807, 2.05) is 0 Å². The SMILES string of the molecule is CC/C=C\C/C=C\C/C=C\C/C=C\CCCCCCCCCCCCC(=O)OCC(COC(=O)CCCCCCC/C=C\CCCCCC)OC(=O)CCCCCCCCCCCCCCCCCCC. The lowest BCUT2D eigenvalue weighted by molar-refractivity contribution is -0.167. The van der Waals surface area contributed by atoms with E-state index in [4.69, 9.17) is 14.2 Å². The summed E-state index contributed by atoms with van der Waals surface area (Å²) in [4.78, 5) is 38.2. The first kappa shape index (κ1) is 68.1. The van der Waals surface area contributed by atoms with Gasteiger partial charge in [0.05, 0.1) is 0 Å². The van der Waals surface area contributed by atoms with Gasteiger partial charge < -0.3 is 14.2 Å². The van der Waals surface area contributed by atoms with E-state index in [1.165, 1.54) is 186 Å². The zero-order valence-corrected chi connectivity index (χ0v) is 47.2. The standard InChI is InChI=1S/C65H116O6/c1-4-7-10-13-16-19-22-25-27-29-30-31-32-33-34-36-37-40-43-46-49-52-55-58-64(67)70-61-62(60-69-63(66)57-54-51-48-45-42-39-24-21-18-15-12-9-6-3)71-65(68)59-56-53-50-47-44-41-38-35-28-26-23-20-17-14-11-8-5-2/h7,10,16,19,21,24-25,27,30-31,62H,4-6,8-9,11-15,17-18,20,22-23,26,28-29,32-61H2,1-3H3/b10-7-,19-16-,24-21-,27-25-,31-30-. The molecule has 0 saturated heterocycles. The summed E-state index contributed by atoms with van der Waals surface area (Å²) in [7, 11) is 0. The van der Waals surface area contributed by atoms with Gasteiger partial charge in [0.2, 0.25) is 0 Å². The lowest BCUT2D eigenvalue weighted by atomic mass is 10.0. The van der Waals surface area contributed by atoms with Crippen LogP contribution >= 0.6 is 0 Å². The van der Waals surface area contributed by atoms with Crippen molar-refractivity contribution in [3.63, 3.8) is 0 Å². The van der Waals surface area contributed by atoms with E-state index in [2.05, 4.69) is 81.5 Å². The van der Waals surface area contributed by atoms with Crippen LogP contribution in [-0.4, -0.2) is 37.2 Å². The first-order chi connectivity index (χ1) is 35.0. The molecular formula is C65H116O6. The van der Waals surface area contributed by atoms with Crippen molar-refractivity contribution >= 4 is 17.9 Å². The minimum Gasteiger partial charge on any atom is -0.462 e. The van der Waals surface area contributed by atoms with E-state index < -0.39 is 6.10 Å². The zero-order valence-electron chi connectivity index (χ0n) is 47.2. The number of carbonyl (C=O) groups excluding carboxylic acids is 3. The number of rotatable bonds is 56. The monoisotopic (exact) mass is 993 g/mol. The molecule has 0 aliphatic carbocycles. The number of hydrogen-bond donors (Lipinski definition) is 0. The van der Waals surface area contributed by atoms with Gasteiger partial charge in [-0.1, -0.05) is 274 Å². The van der Waals surface area contributed by atoms with Crippen LogP contribution in [0.2, 0.25) is 0 Å². The van der Waals surface area contributed by atoms with Crippen molar-refractivity contribution in [2.24, 2.45) is 0 Å². The Kier molecular flexibility index (Phi) is 57.2. The van der Waals surface area contributed by atoms with Crippen LogP contribution in [0.15, 0.2) is 60.8 Å². The van der Waals surface area contributed by atoms with Crippen molar-refractivity contribution < 1.29 is 28.6 Å². The predicted octanol–water partition coefficient (Wildman–Crippen LogP) is 20.8. The first-order valence-corrected chi connectivity index (χ1v) is 30.8. The highest BCUT2D eigenvalue weighted by Gasteiger charge is 2.19. The van der Waals surface area contributed by atoms with Crippen molar-refractivity contribution in [3.8, 4) is 0 Å². The van der Waals surface area contributed by atoms with Crippen LogP contribution in [0.3, 0.4) is 0 Å². The van der Waals surface area contributed by atoms with Gasteiger partial charge in [-0.3, -0.25) is 14.4 Å². The summed E-state index contributed by atoms with van der Waals surface area (Å²) < 4.78 is 16.9. The Morgan fingerprint density at radius 3 is 0.887 bits per heavy atom. The van der Waals surface area contributed by atoms with Crippen molar-refractivity contribution in [3.05, 3.63) is 60.8 Å². The third-order valence-electron chi connectivity index (χ3n) is 13.5. The molecule has 0 fully saturated rings. The van der Waals surface area contributed by atoms with Crippen LogP contribution in [-0.2, 0) is 28.6 Å². The summed E-state index contributed by atoms with van der Waals surface area (Å²) in [6.45, 7) is 6.54. The average Bonchev–Trinajstić information content (AvgIpc) is 3.37. The molecule has 1 unspecified atom stereocenters. The van der Waals surface area contributed by atoms with Gasteiger partial charge in [0.25, 0.3) is 0 Å². The van der Waals surface area contributed by atoms with Crippen molar-refractivity contribution in [2.45, 2.75) is 322 Å². The summed E-state index contributed by atoms with van der Waals surface area (Å²) in [5, 5.41) is 0. The Labute approximate surface area is 440 Å². The quantitative estimate of drug-likeness (QED) is 0.0261. The summed E-state index contributed by atoms with van der Waals surface area (Å²) >= 11 is 0. The number of ether oxygens (including phenoxy) is 3. The number of unbranched alkanes of at least 4 members (excludes halogenated alkanes) is 35. The zero-order chi connectivity index (χ0) is 51.4. The van der Waals surface area contributed by atoms with Crippen LogP contribution in [0.25, 0.3) is 0 Å². The molecule has 0 amide bonds. The molecule has 0 rings (SSSR count). The first-order valence-electron chi connectivity index (χ1n) is 30.8. The fraction of sp³-hybridized carbons (Fsp3) is 0.800. The molecule has 6 heteroatoms. The maximum absolute atomic E-state index is 12.9. The third-order valence-corrected chi connectivity index (χ3v) is 13.5. The van der Waals surface area contributed by atoms with Crippen LogP contribution in [0.4, 0.5) is 0 Å². The predicted molar refractivity (Wildman–Crippen MR) is 307 cm³/mol. The minimum absolute atomic E-state index is 0.0759. The van der Waals surface area contributed by atoms with Gasteiger partial charge >= 0.3 is 17.9 Å². The van der Waals surface area contributed by atoms with Crippen LogP contribution in [0, 0.1) is 0 Å². The van der Waals surface area contributed by atoms with Crippen molar-refractivity contribution in [2.75, 3.05) is 13.2 Å². The molecule has 0 aromatic carbocycles. The van der Waals surface area contributed by atoms with Crippen molar-refractivity contribution in [1.29, 1.82) is 0 Å². The van der Waals surface area contributed by atoms with E-state index in [-0.39, 0.29) is 31.1 Å². The number of hydrogen-bond acceptors (Lipinski definition) is 6. The van der Waals surface area contributed by atoms with Gasteiger partial charge in [-0.2, -0.15) is 0 Å². The molecule has 412 valence electrons. The molecule has 0 bridgehead atoms. The lowest BCUT2D eigenvalue weighted by Gasteiger charge is -2.18. The molecule has 0 aromatic heterocycles. The Bertz CT molecular complexity index is 1280. The van der Waals surface area contributed by atoms with Gasteiger partial charge in [-0.05, 0) is 83.5 Å². The molecule has 0 saturated carbocycles. The van der Waals surface area contributed by atoms with E-state index in [0.717, 1.165) is 89.9 Å². The molecule has 0 N–H and O–H groups in total. The van der Waals surface area contributed by atoms with Gasteiger partial charge in [-0.15, -0.1) is 0 Å². The Balaban J connectivity index is 4.31. The van der Waals surface area contributed by atoms with E-state index in [1.54, 1.807) is 0 Å². The molecule has 1 atom stereocenters. The maximum Gasteiger partial charge on any atom is 0.306 e. The van der Waals surface area contributed by atoms with Gasteiger partial charge in [0, 0.05) is 19.3 Å².